The zero-order valence-corrected chi connectivity index (χ0v) is 19.7. The van der Waals surface area contributed by atoms with Crippen LogP contribution in [-0.2, 0) is 11.3 Å². The summed E-state index contributed by atoms with van der Waals surface area (Å²) in [6.07, 6.45) is 1.83. The average molecular weight is 478 g/mol. The van der Waals surface area contributed by atoms with Crippen molar-refractivity contribution < 1.29 is 19.0 Å². The highest BCUT2D eigenvalue weighted by Gasteiger charge is 2.32. The highest BCUT2D eigenvalue weighted by Crippen LogP contribution is 2.35. The van der Waals surface area contributed by atoms with Gasteiger partial charge in [-0.3, -0.25) is 9.69 Å². The summed E-state index contributed by atoms with van der Waals surface area (Å²) in [6, 6.07) is 25.0. The molecule has 33 heavy (non-hydrogen) atoms. The fourth-order valence-electron chi connectivity index (χ4n) is 3.27. The third kappa shape index (κ3) is 5.94. The lowest BCUT2D eigenvalue weighted by molar-refractivity contribution is -0.122. The highest BCUT2D eigenvalue weighted by molar-refractivity contribution is 8.26. The fraction of sp³-hybridized carbons (Fsp3) is 0.154. The van der Waals surface area contributed by atoms with Gasteiger partial charge in [0.25, 0.3) is 5.91 Å². The summed E-state index contributed by atoms with van der Waals surface area (Å²) < 4.78 is 17.5. The molecule has 3 aromatic rings. The van der Waals surface area contributed by atoms with Gasteiger partial charge in [-0.05, 0) is 41.5 Å². The number of ether oxygens (including phenoxy) is 3. The molecule has 7 heteroatoms. The smallest absolute Gasteiger partial charge is 0.266 e. The van der Waals surface area contributed by atoms with E-state index in [1.54, 1.807) is 12.0 Å². The number of carbonyl (C=O) groups is 1. The Hall–Kier alpha value is -3.29. The highest BCUT2D eigenvalue weighted by atomic mass is 32.2. The zero-order valence-electron chi connectivity index (χ0n) is 18.1. The van der Waals surface area contributed by atoms with E-state index >= 15 is 0 Å². The van der Waals surface area contributed by atoms with Crippen molar-refractivity contribution in [1.29, 1.82) is 0 Å². The van der Waals surface area contributed by atoms with Crippen molar-refractivity contribution in [1.82, 2.24) is 4.90 Å². The molecule has 1 heterocycles. The number of nitrogens with zero attached hydrogens (tertiary/aromatic N) is 1. The zero-order chi connectivity index (χ0) is 23.0. The molecular weight excluding hydrogens is 454 g/mol. The van der Waals surface area contributed by atoms with Crippen LogP contribution in [0, 0.1) is 0 Å². The Labute approximate surface area is 203 Å². The van der Waals surface area contributed by atoms with Crippen LogP contribution in [0.2, 0.25) is 0 Å². The van der Waals surface area contributed by atoms with Gasteiger partial charge < -0.3 is 14.2 Å². The van der Waals surface area contributed by atoms with Gasteiger partial charge in [0, 0.05) is 0 Å². The first-order valence-electron chi connectivity index (χ1n) is 10.4. The molecule has 1 fully saturated rings. The van der Waals surface area contributed by atoms with E-state index in [1.165, 1.54) is 11.8 Å². The molecule has 0 spiro atoms. The number of methoxy groups -OCH3 is 1. The number of carbonyl (C=O) groups excluding carboxylic acids is 1. The Kier molecular flexibility index (Phi) is 7.65. The molecule has 1 aliphatic heterocycles. The Morgan fingerprint density at radius 2 is 1.61 bits per heavy atom. The molecule has 1 aliphatic rings. The van der Waals surface area contributed by atoms with Crippen molar-refractivity contribution in [3.63, 3.8) is 0 Å². The molecule has 0 bridgehead atoms. The summed E-state index contributed by atoms with van der Waals surface area (Å²) in [5, 5.41) is 0. The molecule has 0 saturated carbocycles. The van der Waals surface area contributed by atoms with Crippen LogP contribution in [0.1, 0.15) is 11.1 Å². The maximum Gasteiger partial charge on any atom is 0.266 e. The van der Waals surface area contributed by atoms with E-state index in [9.17, 15) is 4.79 Å². The minimum absolute atomic E-state index is 0.0915. The minimum Gasteiger partial charge on any atom is -0.493 e. The number of hydrogen-bond acceptors (Lipinski definition) is 6. The Morgan fingerprint density at radius 1 is 0.909 bits per heavy atom. The van der Waals surface area contributed by atoms with Gasteiger partial charge in [-0.2, -0.15) is 0 Å². The number of benzene rings is 3. The lowest BCUT2D eigenvalue weighted by Gasteiger charge is -2.14. The summed E-state index contributed by atoms with van der Waals surface area (Å²) >= 11 is 6.75. The topological polar surface area (TPSA) is 48.0 Å². The van der Waals surface area contributed by atoms with Crippen LogP contribution in [0.5, 0.6) is 17.2 Å². The van der Waals surface area contributed by atoms with E-state index in [1.807, 2.05) is 84.9 Å². The van der Waals surface area contributed by atoms with Gasteiger partial charge in [-0.1, -0.05) is 78.6 Å². The van der Waals surface area contributed by atoms with Gasteiger partial charge >= 0.3 is 0 Å². The quantitative estimate of drug-likeness (QED) is 0.229. The SMILES string of the molecule is COc1cc(C=C2SC(=S)N(Cc3ccccc3)C2=O)ccc1OCCOc1ccccc1. The second kappa shape index (κ2) is 11.0. The molecule has 168 valence electrons. The molecule has 0 radical (unpaired) electrons. The van der Waals surface area contributed by atoms with Crippen LogP contribution in [0.4, 0.5) is 0 Å². The molecule has 0 unspecified atom stereocenters. The van der Waals surface area contributed by atoms with Crippen molar-refractivity contribution in [2.24, 2.45) is 0 Å². The largest absolute Gasteiger partial charge is 0.493 e. The number of hydrogen-bond donors (Lipinski definition) is 0. The van der Waals surface area contributed by atoms with E-state index in [0.717, 1.165) is 16.9 Å². The summed E-state index contributed by atoms with van der Waals surface area (Å²) in [5.74, 6) is 1.91. The number of amides is 1. The first-order valence-corrected chi connectivity index (χ1v) is 11.6. The van der Waals surface area contributed by atoms with E-state index in [4.69, 9.17) is 26.4 Å². The van der Waals surface area contributed by atoms with Gasteiger partial charge in [0.1, 0.15) is 23.3 Å². The molecule has 4 rings (SSSR count). The maximum absolute atomic E-state index is 12.9. The summed E-state index contributed by atoms with van der Waals surface area (Å²) in [7, 11) is 1.59. The lowest BCUT2D eigenvalue weighted by Crippen LogP contribution is -2.27. The Bertz CT molecular complexity index is 1150. The van der Waals surface area contributed by atoms with Crippen molar-refractivity contribution >= 4 is 40.3 Å². The van der Waals surface area contributed by atoms with Crippen LogP contribution < -0.4 is 14.2 Å². The fourth-order valence-corrected chi connectivity index (χ4v) is 4.53. The minimum atomic E-state index is -0.0915. The van der Waals surface area contributed by atoms with Gasteiger partial charge in [0.05, 0.1) is 18.6 Å². The first-order chi connectivity index (χ1) is 16.1. The van der Waals surface area contributed by atoms with Gasteiger partial charge in [0.2, 0.25) is 0 Å². The van der Waals surface area contributed by atoms with Crippen LogP contribution >= 0.6 is 24.0 Å². The number of thiocarbonyl (C=S) groups is 1. The van der Waals surface area contributed by atoms with Crippen molar-refractivity contribution in [3.05, 3.63) is 94.9 Å². The van der Waals surface area contributed by atoms with E-state index in [0.29, 0.717) is 40.5 Å². The maximum atomic E-state index is 12.9. The Morgan fingerprint density at radius 3 is 2.33 bits per heavy atom. The third-order valence-electron chi connectivity index (χ3n) is 4.90. The van der Waals surface area contributed by atoms with E-state index in [2.05, 4.69) is 0 Å². The third-order valence-corrected chi connectivity index (χ3v) is 6.27. The van der Waals surface area contributed by atoms with Crippen molar-refractivity contribution in [2.45, 2.75) is 6.54 Å². The van der Waals surface area contributed by atoms with Crippen molar-refractivity contribution in [2.75, 3.05) is 20.3 Å². The molecule has 0 aliphatic carbocycles. The van der Waals surface area contributed by atoms with Gasteiger partial charge in [0.15, 0.2) is 11.5 Å². The van der Waals surface area contributed by atoms with E-state index < -0.39 is 0 Å². The second-order valence-corrected chi connectivity index (χ2v) is 8.85. The Balaban J connectivity index is 1.39. The monoisotopic (exact) mass is 477 g/mol. The van der Waals surface area contributed by atoms with Gasteiger partial charge in [-0.25, -0.2) is 0 Å². The first kappa shape index (κ1) is 22.9. The molecule has 1 amide bonds. The molecule has 3 aromatic carbocycles. The molecule has 0 aromatic heterocycles. The molecule has 5 nitrogen and oxygen atoms in total. The molecular formula is C26H23NO4S2. The normalized spacial score (nSPS) is 14.6. The number of rotatable bonds is 9. The van der Waals surface area contributed by atoms with Gasteiger partial charge in [-0.15, -0.1) is 0 Å². The van der Waals surface area contributed by atoms with Crippen LogP contribution in [-0.4, -0.2) is 35.5 Å². The summed E-state index contributed by atoms with van der Waals surface area (Å²) in [6.45, 7) is 1.26. The summed E-state index contributed by atoms with van der Waals surface area (Å²) in [4.78, 5) is 15.1. The lowest BCUT2D eigenvalue weighted by atomic mass is 10.1. The van der Waals surface area contributed by atoms with E-state index in [-0.39, 0.29) is 5.91 Å². The second-order valence-electron chi connectivity index (χ2n) is 7.17. The number of thioether (sulfide) groups is 1. The van der Waals surface area contributed by atoms with Crippen LogP contribution in [0.3, 0.4) is 0 Å². The molecule has 0 atom stereocenters. The predicted molar refractivity (Wildman–Crippen MR) is 136 cm³/mol. The molecule has 1 saturated heterocycles. The standard InChI is InChI=1S/C26H23NO4S2/c1-29-23-16-20(12-13-22(23)31-15-14-30-21-10-6-3-7-11-21)17-24-25(28)27(26(32)33-24)18-19-8-4-2-5-9-19/h2-13,16-17H,14-15,18H2,1H3. The van der Waals surface area contributed by atoms with Crippen LogP contribution in [0.25, 0.3) is 6.08 Å². The van der Waals surface area contributed by atoms with Crippen molar-refractivity contribution in [3.8, 4) is 17.2 Å². The summed E-state index contributed by atoms with van der Waals surface area (Å²) in [5.41, 5.74) is 1.87. The van der Waals surface area contributed by atoms with Crippen LogP contribution in [0.15, 0.2) is 83.8 Å². The number of para-hydroxylation sites is 1. The molecule has 0 N–H and O–H groups in total. The predicted octanol–water partition coefficient (Wildman–Crippen LogP) is 5.55. The average Bonchev–Trinajstić information content (AvgIpc) is 3.11.